The number of carbonyl (C=O) groups excluding carboxylic acids is 1. The highest BCUT2D eigenvalue weighted by Crippen LogP contribution is 2.31. The fourth-order valence-electron chi connectivity index (χ4n) is 3.77. The topological polar surface area (TPSA) is 196 Å². The molecule has 0 aliphatic carbocycles. The van der Waals surface area contributed by atoms with E-state index in [4.69, 9.17) is 18.9 Å². The predicted molar refractivity (Wildman–Crippen MR) is 115 cm³/mol. The van der Waals surface area contributed by atoms with Crippen LogP contribution in [0.3, 0.4) is 0 Å². The summed E-state index contributed by atoms with van der Waals surface area (Å²) in [6, 6.07) is 0. The van der Waals surface area contributed by atoms with Gasteiger partial charge in [-0.1, -0.05) is 45.4 Å². The van der Waals surface area contributed by atoms with Crippen molar-refractivity contribution in [2.24, 2.45) is 0 Å². The highest BCUT2D eigenvalue weighted by Gasteiger charge is 2.48. The molecule has 0 bridgehead atoms. The Balaban J connectivity index is 2.07. The van der Waals surface area contributed by atoms with Gasteiger partial charge in [-0.05, 0) is 6.42 Å². The molecule has 7 N–H and O–H groups in total. The second-order valence-corrected chi connectivity index (χ2v) is 8.61. The molecule has 12 nitrogen and oxygen atoms in total. The third-order valence-electron chi connectivity index (χ3n) is 5.84. The van der Waals surface area contributed by atoms with Crippen molar-refractivity contribution in [1.82, 2.24) is 0 Å². The van der Waals surface area contributed by atoms with E-state index in [0.29, 0.717) is 6.42 Å². The van der Waals surface area contributed by atoms with Gasteiger partial charge in [-0.25, -0.2) is 4.79 Å². The zero-order valence-corrected chi connectivity index (χ0v) is 19.4. The molecule has 0 aromatic rings. The first-order valence-electron chi connectivity index (χ1n) is 11.8. The Hall–Kier alpha value is -1.51. The van der Waals surface area contributed by atoms with Crippen molar-refractivity contribution < 1.29 is 59.5 Å². The number of aliphatic hydroxyl groups excluding tert-OH is 7. The monoisotopic (exact) mass is 494 g/mol. The van der Waals surface area contributed by atoms with Gasteiger partial charge in [-0.3, -0.25) is 0 Å². The third kappa shape index (κ3) is 7.49. The lowest BCUT2D eigenvalue weighted by Crippen LogP contribution is -2.59. The van der Waals surface area contributed by atoms with Crippen LogP contribution in [-0.4, -0.2) is 111 Å². The number of hydrogen-bond donors (Lipinski definition) is 7. The summed E-state index contributed by atoms with van der Waals surface area (Å²) < 4.78 is 21.2. The van der Waals surface area contributed by atoms with Gasteiger partial charge in [0.1, 0.15) is 37.1 Å². The smallest absolute Gasteiger partial charge is 0.378 e. The molecule has 0 amide bonds. The first-order chi connectivity index (χ1) is 16.2. The van der Waals surface area contributed by atoms with E-state index in [9.17, 15) is 40.5 Å². The molecule has 0 spiro atoms. The molecule has 198 valence electrons. The van der Waals surface area contributed by atoms with Crippen molar-refractivity contribution in [2.45, 2.75) is 101 Å². The Morgan fingerprint density at radius 2 is 1.65 bits per heavy atom. The first kappa shape index (κ1) is 28.7. The number of rotatable bonds is 15. The van der Waals surface area contributed by atoms with Crippen molar-refractivity contribution >= 4 is 5.97 Å². The van der Waals surface area contributed by atoms with Crippen molar-refractivity contribution in [3.63, 3.8) is 0 Å². The zero-order chi connectivity index (χ0) is 25.3. The van der Waals surface area contributed by atoms with Gasteiger partial charge in [0.15, 0.2) is 11.9 Å². The molecule has 0 saturated carbocycles. The molecule has 2 aliphatic heterocycles. The minimum atomic E-state index is -1.79. The van der Waals surface area contributed by atoms with Crippen molar-refractivity contribution in [3.8, 4) is 0 Å². The Labute approximate surface area is 198 Å². The minimum absolute atomic E-state index is 0.253. The first-order valence-corrected chi connectivity index (χ1v) is 11.8. The molecule has 12 heteroatoms. The van der Waals surface area contributed by atoms with Gasteiger partial charge < -0.3 is 54.7 Å². The number of cyclic esters (lactones) is 1. The molecular formula is C22H38O12. The SMILES string of the molecule is CCCCCCCCC(O)COC1=C(O[C@H]2O[C@@H](CO)[C@H](O)[C@@H](O)[C@@H]2O)C(=O)O[C@@H]1[C@H](O)CO. The van der Waals surface area contributed by atoms with E-state index in [1.165, 1.54) is 6.42 Å². The largest absolute Gasteiger partial charge is 0.487 e. The summed E-state index contributed by atoms with van der Waals surface area (Å²) in [5.74, 6) is -1.99. The summed E-state index contributed by atoms with van der Waals surface area (Å²) in [5.41, 5.74) is 0. The molecule has 1 saturated heterocycles. The summed E-state index contributed by atoms with van der Waals surface area (Å²) in [5, 5.41) is 68.9. The molecule has 1 unspecified atom stereocenters. The van der Waals surface area contributed by atoms with Crippen LogP contribution in [0, 0.1) is 0 Å². The van der Waals surface area contributed by atoms with Gasteiger partial charge in [-0.2, -0.15) is 0 Å². The predicted octanol–water partition coefficient (Wildman–Crippen LogP) is -1.58. The van der Waals surface area contributed by atoms with E-state index in [1.54, 1.807) is 0 Å². The van der Waals surface area contributed by atoms with Crippen LogP contribution in [-0.2, 0) is 23.7 Å². The lowest BCUT2D eigenvalue weighted by atomic mass is 9.99. The minimum Gasteiger partial charge on any atom is -0.487 e. The van der Waals surface area contributed by atoms with E-state index >= 15 is 0 Å². The second-order valence-electron chi connectivity index (χ2n) is 8.61. The van der Waals surface area contributed by atoms with Crippen molar-refractivity contribution in [2.75, 3.05) is 19.8 Å². The van der Waals surface area contributed by atoms with Crippen LogP contribution in [0.5, 0.6) is 0 Å². The third-order valence-corrected chi connectivity index (χ3v) is 5.84. The number of unbranched alkanes of at least 4 members (excludes halogenated alkanes) is 5. The van der Waals surface area contributed by atoms with E-state index in [0.717, 1.165) is 32.1 Å². The van der Waals surface area contributed by atoms with Crippen LogP contribution >= 0.6 is 0 Å². The van der Waals surface area contributed by atoms with Crippen LogP contribution in [0.25, 0.3) is 0 Å². The van der Waals surface area contributed by atoms with Gasteiger partial charge in [0.25, 0.3) is 0 Å². The van der Waals surface area contributed by atoms with Crippen LogP contribution in [0.4, 0.5) is 0 Å². The normalized spacial score (nSPS) is 31.4. The maximum atomic E-state index is 12.4. The zero-order valence-electron chi connectivity index (χ0n) is 19.4. The van der Waals surface area contributed by atoms with Gasteiger partial charge >= 0.3 is 5.97 Å². The summed E-state index contributed by atoms with van der Waals surface area (Å²) in [6.45, 7) is 0.410. The van der Waals surface area contributed by atoms with Gasteiger partial charge in [0, 0.05) is 0 Å². The number of hydrogen-bond acceptors (Lipinski definition) is 12. The molecule has 2 rings (SSSR count). The summed E-state index contributed by atoms with van der Waals surface area (Å²) in [4.78, 5) is 12.4. The highest BCUT2D eigenvalue weighted by molar-refractivity contribution is 5.89. The molecule has 2 heterocycles. The Morgan fingerprint density at radius 3 is 2.29 bits per heavy atom. The van der Waals surface area contributed by atoms with Crippen molar-refractivity contribution in [3.05, 3.63) is 11.5 Å². The molecule has 0 aromatic carbocycles. The molecular weight excluding hydrogens is 456 g/mol. The summed E-state index contributed by atoms with van der Waals surface area (Å²) >= 11 is 0. The maximum absolute atomic E-state index is 12.4. The molecule has 0 radical (unpaired) electrons. The summed E-state index contributed by atoms with van der Waals surface area (Å²) in [6.07, 6.45) is -5.29. The van der Waals surface area contributed by atoms with E-state index in [1.807, 2.05) is 0 Å². The lowest BCUT2D eigenvalue weighted by Gasteiger charge is -2.39. The maximum Gasteiger partial charge on any atom is 0.378 e. The average Bonchev–Trinajstić information content (AvgIpc) is 3.14. The van der Waals surface area contributed by atoms with Crippen LogP contribution in [0.15, 0.2) is 11.5 Å². The number of carbonyl (C=O) groups is 1. The highest BCUT2D eigenvalue weighted by atomic mass is 16.7. The fourth-order valence-corrected chi connectivity index (χ4v) is 3.77. The van der Waals surface area contributed by atoms with Crippen molar-refractivity contribution in [1.29, 1.82) is 0 Å². The van der Waals surface area contributed by atoms with Gasteiger partial charge in [0.2, 0.25) is 12.0 Å². The Morgan fingerprint density at radius 1 is 0.971 bits per heavy atom. The number of ether oxygens (including phenoxy) is 4. The average molecular weight is 495 g/mol. The lowest BCUT2D eigenvalue weighted by molar-refractivity contribution is -0.291. The fraction of sp³-hybridized carbons (Fsp3) is 0.864. The second kappa shape index (κ2) is 14.1. The quantitative estimate of drug-likeness (QED) is 0.102. The molecule has 1 fully saturated rings. The molecule has 8 atom stereocenters. The molecule has 0 aromatic heterocycles. The number of aliphatic hydroxyl groups is 7. The summed E-state index contributed by atoms with van der Waals surface area (Å²) in [7, 11) is 0. The van der Waals surface area contributed by atoms with E-state index in [2.05, 4.69) is 6.92 Å². The number of esters is 1. The van der Waals surface area contributed by atoms with Crippen LogP contribution in [0.2, 0.25) is 0 Å². The molecule has 2 aliphatic rings. The van der Waals surface area contributed by atoms with Crippen LogP contribution < -0.4 is 0 Å². The Kier molecular flexibility index (Phi) is 12.0. The van der Waals surface area contributed by atoms with Crippen LogP contribution in [0.1, 0.15) is 51.9 Å². The standard InChI is InChI=1S/C22H38O12/c1-2-3-4-5-6-7-8-12(25)11-31-19-18(13(26)9-23)33-21(30)20(19)34-22-17(29)16(28)15(27)14(10-24)32-22/h12-18,22-29H,2-11H2,1H3/t12?,13-,14+,15+,16-,17+,18-,22-/m1/s1. The molecule has 34 heavy (non-hydrogen) atoms. The van der Waals surface area contributed by atoms with Gasteiger partial charge in [-0.15, -0.1) is 0 Å². The Bertz CT molecular complexity index is 654. The van der Waals surface area contributed by atoms with E-state index < -0.39 is 74.0 Å². The van der Waals surface area contributed by atoms with E-state index in [-0.39, 0.29) is 12.4 Å². The van der Waals surface area contributed by atoms with Gasteiger partial charge in [0.05, 0.1) is 19.3 Å².